The molecule has 1 aliphatic heterocycles. The van der Waals surface area contributed by atoms with Gasteiger partial charge in [0.2, 0.25) is 5.91 Å². The molecule has 3 aromatic carbocycles. The third kappa shape index (κ3) is 5.26. The third-order valence-corrected chi connectivity index (χ3v) is 5.53. The number of nitrogens with zero attached hydrogens (tertiary/aromatic N) is 1. The van der Waals surface area contributed by atoms with Gasteiger partial charge >= 0.3 is 0 Å². The molecule has 1 aliphatic rings. The first-order chi connectivity index (χ1) is 16.2. The summed E-state index contributed by atoms with van der Waals surface area (Å²) in [6.45, 7) is 6.02. The number of carbonyl (C=O) groups is 3. The van der Waals surface area contributed by atoms with Crippen LogP contribution in [0.3, 0.4) is 0 Å². The van der Waals surface area contributed by atoms with Crippen molar-refractivity contribution in [2.24, 2.45) is 0 Å². The number of carbonyl (C=O) groups excluding carboxylic acids is 3. The van der Waals surface area contributed by atoms with Gasteiger partial charge in [0.25, 0.3) is 11.8 Å². The molecule has 0 aliphatic carbocycles. The van der Waals surface area contributed by atoms with Crippen molar-refractivity contribution in [3.05, 3.63) is 83.9 Å². The standard InChI is InChI=1S/C27H27N3O4/c1-27(2,3)19-11-9-18(10-12-19)26(33)29-21-13-14-23-22(15-21)30(25(32)17-34-23)16-24(31)28-20-7-5-4-6-8-20/h4-15H,16-17H2,1-3H3,(H,28,31)(H,29,33). The van der Waals surface area contributed by atoms with E-state index in [1.807, 2.05) is 30.3 Å². The zero-order valence-corrected chi connectivity index (χ0v) is 19.4. The maximum absolute atomic E-state index is 12.8. The average Bonchev–Trinajstić information content (AvgIpc) is 2.81. The first-order valence-corrected chi connectivity index (χ1v) is 11.0. The molecule has 2 N–H and O–H groups in total. The van der Waals surface area contributed by atoms with Gasteiger partial charge in [-0.15, -0.1) is 0 Å². The summed E-state index contributed by atoms with van der Waals surface area (Å²) in [5.74, 6) is -0.464. The van der Waals surface area contributed by atoms with Gasteiger partial charge in [0.1, 0.15) is 12.3 Å². The van der Waals surface area contributed by atoms with Crippen LogP contribution in [0.15, 0.2) is 72.8 Å². The lowest BCUT2D eigenvalue weighted by atomic mass is 9.87. The largest absolute Gasteiger partial charge is 0.482 e. The Bertz CT molecular complexity index is 1210. The van der Waals surface area contributed by atoms with Gasteiger partial charge in [0.15, 0.2) is 6.61 Å². The maximum Gasteiger partial charge on any atom is 0.265 e. The molecule has 7 nitrogen and oxygen atoms in total. The quantitative estimate of drug-likeness (QED) is 0.586. The van der Waals surface area contributed by atoms with Gasteiger partial charge in [-0.05, 0) is 53.4 Å². The molecule has 0 bridgehead atoms. The number of hydrogen-bond acceptors (Lipinski definition) is 4. The predicted octanol–water partition coefficient (Wildman–Crippen LogP) is 4.60. The van der Waals surface area contributed by atoms with E-state index in [4.69, 9.17) is 4.74 Å². The molecular formula is C27H27N3O4. The Balaban J connectivity index is 1.50. The summed E-state index contributed by atoms with van der Waals surface area (Å²) < 4.78 is 5.52. The minimum Gasteiger partial charge on any atom is -0.482 e. The average molecular weight is 458 g/mol. The van der Waals surface area contributed by atoms with E-state index in [-0.39, 0.29) is 36.3 Å². The van der Waals surface area contributed by atoms with Crippen molar-refractivity contribution in [1.29, 1.82) is 0 Å². The molecular weight excluding hydrogens is 430 g/mol. The number of fused-ring (bicyclic) bond motifs is 1. The number of amides is 3. The monoisotopic (exact) mass is 457 g/mol. The van der Waals surface area contributed by atoms with Crippen molar-refractivity contribution in [3.8, 4) is 5.75 Å². The summed E-state index contributed by atoms with van der Waals surface area (Å²) in [5.41, 5.74) is 3.23. The molecule has 3 amide bonds. The molecule has 0 saturated carbocycles. The Kier molecular flexibility index (Phi) is 6.36. The van der Waals surface area contributed by atoms with Gasteiger partial charge < -0.3 is 15.4 Å². The molecule has 1 heterocycles. The van der Waals surface area contributed by atoms with Crippen molar-refractivity contribution < 1.29 is 19.1 Å². The Hall–Kier alpha value is -4.13. The number of hydrogen-bond donors (Lipinski definition) is 2. The lowest BCUT2D eigenvalue weighted by molar-refractivity contribution is -0.123. The smallest absolute Gasteiger partial charge is 0.265 e. The molecule has 0 saturated heterocycles. The normalized spacial score (nSPS) is 13.0. The molecule has 0 atom stereocenters. The summed E-state index contributed by atoms with van der Waals surface area (Å²) >= 11 is 0. The molecule has 0 aromatic heterocycles. The van der Waals surface area contributed by atoms with Gasteiger partial charge in [-0.1, -0.05) is 51.1 Å². The molecule has 4 rings (SSSR count). The highest BCUT2D eigenvalue weighted by atomic mass is 16.5. The molecule has 174 valence electrons. The van der Waals surface area contributed by atoms with Crippen molar-refractivity contribution in [1.82, 2.24) is 0 Å². The minimum atomic E-state index is -0.336. The molecule has 34 heavy (non-hydrogen) atoms. The number of anilines is 3. The maximum atomic E-state index is 12.8. The first kappa shape index (κ1) is 23.0. The molecule has 3 aromatic rings. The van der Waals surface area contributed by atoms with Gasteiger partial charge in [0.05, 0.1) is 5.69 Å². The Morgan fingerprint density at radius 3 is 2.29 bits per heavy atom. The Labute approximate surface area is 198 Å². The minimum absolute atomic E-state index is 0.00367. The predicted molar refractivity (Wildman–Crippen MR) is 132 cm³/mol. The highest BCUT2D eigenvalue weighted by molar-refractivity contribution is 6.07. The summed E-state index contributed by atoms with van der Waals surface area (Å²) in [4.78, 5) is 39.3. The summed E-state index contributed by atoms with van der Waals surface area (Å²) in [6.07, 6.45) is 0. The summed E-state index contributed by atoms with van der Waals surface area (Å²) in [7, 11) is 0. The number of ether oxygens (including phenoxy) is 1. The SMILES string of the molecule is CC(C)(C)c1ccc(C(=O)Nc2ccc3c(c2)N(CC(=O)Nc2ccccc2)C(=O)CO3)cc1. The van der Waals surface area contributed by atoms with E-state index in [1.165, 1.54) is 4.90 Å². The fourth-order valence-electron chi connectivity index (χ4n) is 3.64. The molecule has 0 radical (unpaired) electrons. The number of rotatable bonds is 5. The fraction of sp³-hybridized carbons (Fsp3) is 0.222. The molecule has 0 unspecified atom stereocenters. The van der Waals surface area contributed by atoms with Gasteiger partial charge in [0, 0.05) is 16.9 Å². The molecule has 7 heteroatoms. The number of para-hydroxylation sites is 1. The zero-order valence-electron chi connectivity index (χ0n) is 19.4. The van der Waals surface area contributed by atoms with E-state index in [0.717, 1.165) is 5.56 Å². The fourth-order valence-corrected chi connectivity index (χ4v) is 3.64. The van der Waals surface area contributed by atoms with Crippen molar-refractivity contribution >= 4 is 34.8 Å². The van der Waals surface area contributed by atoms with Gasteiger partial charge in [-0.2, -0.15) is 0 Å². The van der Waals surface area contributed by atoms with Crippen LogP contribution in [0.25, 0.3) is 0 Å². The van der Waals surface area contributed by atoms with E-state index in [0.29, 0.717) is 28.4 Å². The van der Waals surface area contributed by atoms with Crippen LogP contribution in [0.1, 0.15) is 36.7 Å². The highest BCUT2D eigenvalue weighted by Gasteiger charge is 2.28. The second-order valence-electron chi connectivity index (χ2n) is 9.15. The van der Waals surface area contributed by atoms with Crippen LogP contribution in [0, 0.1) is 0 Å². The third-order valence-electron chi connectivity index (χ3n) is 5.53. The van der Waals surface area contributed by atoms with Crippen LogP contribution in [0.4, 0.5) is 17.1 Å². The van der Waals surface area contributed by atoms with E-state index in [2.05, 4.69) is 31.4 Å². The van der Waals surface area contributed by atoms with Crippen LogP contribution in [0.5, 0.6) is 5.75 Å². The van der Waals surface area contributed by atoms with E-state index in [1.54, 1.807) is 42.5 Å². The second kappa shape index (κ2) is 9.39. The molecule has 0 fully saturated rings. The van der Waals surface area contributed by atoms with Gasteiger partial charge in [-0.25, -0.2) is 0 Å². The van der Waals surface area contributed by atoms with E-state index >= 15 is 0 Å². The molecule has 0 spiro atoms. The van der Waals surface area contributed by atoms with Crippen LogP contribution in [0.2, 0.25) is 0 Å². The van der Waals surface area contributed by atoms with Crippen LogP contribution < -0.4 is 20.3 Å². The first-order valence-electron chi connectivity index (χ1n) is 11.0. The Morgan fingerprint density at radius 1 is 0.912 bits per heavy atom. The summed E-state index contributed by atoms with van der Waals surface area (Å²) in [5, 5.41) is 5.64. The van der Waals surface area contributed by atoms with E-state index < -0.39 is 0 Å². The lowest BCUT2D eigenvalue weighted by Gasteiger charge is -2.29. The van der Waals surface area contributed by atoms with Crippen molar-refractivity contribution in [2.45, 2.75) is 26.2 Å². The van der Waals surface area contributed by atoms with Crippen LogP contribution in [-0.2, 0) is 15.0 Å². The van der Waals surface area contributed by atoms with E-state index in [9.17, 15) is 14.4 Å². The number of nitrogens with one attached hydrogen (secondary N) is 2. The second-order valence-corrected chi connectivity index (χ2v) is 9.15. The highest BCUT2D eigenvalue weighted by Crippen LogP contribution is 2.34. The van der Waals surface area contributed by atoms with Crippen LogP contribution >= 0.6 is 0 Å². The van der Waals surface area contributed by atoms with Crippen molar-refractivity contribution in [3.63, 3.8) is 0 Å². The van der Waals surface area contributed by atoms with Gasteiger partial charge in [-0.3, -0.25) is 19.3 Å². The summed E-state index contributed by atoms with van der Waals surface area (Å²) in [6, 6.07) is 21.5. The number of benzene rings is 3. The van der Waals surface area contributed by atoms with Crippen molar-refractivity contribution in [2.75, 3.05) is 28.7 Å². The Morgan fingerprint density at radius 2 is 1.62 bits per heavy atom. The topological polar surface area (TPSA) is 87.7 Å². The zero-order chi connectivity index (χ0) is 24.3. The lowest BCUT2D eigenvalue weighted by Crippen LogP contribution is -2.43. The van der Waals surface area contributed by atoms with Crippen LogP contribution in [-0.4, -0.2) is 30.9 Å².